The number of rotatable bonds is 3. The van der Waals surface area contributed by atoms with Crippen LogP contribution in [0.15, 0.2) is 24.3 Å². The van der Waals surface area contributed by atoms with Crippen molar-refractivity contribution in [2.24, 2.45) is 5.92 Å². The SMILES string of the molecule is CC(C)(C)OC(=O)N1C2CCC1CC(C(=O)Cc1cccc(F)c1)C2. The van der Waals surface area contributed by atoms with Crippen LogP contribution in [-0.2, 0) is 16.0 Å². The predicted molar refractivity (Wildman–Crippen MR) is 92.7 cm³/mol. The van der Waals surface area contributed by atoms with Gasteiger partial charge in [0, 0.05) is 24.4 Å². The van der Waals surface area contributed by atoms with Gasteiger partial charge in [-0.25, -0.2) is 9.18 Å². The molecule has 2 fully saturated rings. The number of halogens is 1. The molecule has 0 aromatic heterocycles. The molecule has 2 saturated heterocycles. The Kier molecular flexibility index (Phi) is 4.85. The minimum absolute atomic E-state index is 0.0561. The molecule has 0 N–H and O–H groups in total. The Morgan fingerprint density at radius 1 is 1.20 bits per heavy atom. The van der Waals surface area contributed by atoms with Crippen LogP contribution in [0.25, 0.3) is 0 Å². The van der Waals surface area contributed by atoms with Crippen LogP contribution in [-0.4, -0.2) is 34.5 Å². The van der Waals surface area contributed by atoms with Crippen molar-refractivity contribution in [3.63, 3.8) is 0 Å². The second-order valence-electron chi connectivity index (χ2n) is 8.21. The molecule has 0 radical (unpaired) electrons. The monoisotopic (exact) mass is 347 g/mol. The molecule has 2 heterocycles. The molecule has 2 atom stereocenters. The highest BCUT2D eigenvalue weighted by Gasteiger charge is 2.46. The second-order valence-corrected chi connectivity index (χ2v) is 8.21. The molecular weight excluding hydrogens is 321 g/mol. The molecule has 1 aromatic rings. The van der Waals surface area contributed by atoms with Gasteiger partial charge in [0.25, 0.3) is 0 Å². The van der Waals surface area contributed by atoms with Crippen LogP contribution < -0.4 is 0 Å². The Bertz CT molecular complexity index is 653. The summed E-state index contributed by atoms with van der Waals surface area (Å²) >= 11 is 0. The number of carbonyl (C=O) groups is 2. The van der Waals surface area contributed by atoms with Gasteiger partial charge in [0.05, 0.1) is 0 Å². The molecule has 2 bridgehead atoms. The van der Waals surface area contributed by atoms with Gasteiger partial charge in [-0.3, -0.25) is 4.79 Å². The van der Waals surface area contributed by atoms with Gasteiger partial charge >= 0.3 is 6.09 Å². The zero-order chi connectivity index (χ0) is 18.2. The number of ether oxygens (including phenoxy) is 1. The van der Waals surface area contributed by atoms with Crippen LogP contribution >= 0.6 is 0 Å². The third-order valence-corrected chi connectivity index (χ3v) is 5.06. The lowest BCUT2D eigenvalue weighted by atomic mass is 9.85. The summed E-state index contributed by atoms with van der Waals surface area (Å²) in [5.74, 6) is -0.226. The topological polar surface area (TPSA) is 46.6 Å². The molecule has 25 heavy (non-hydrogen) atoms. The number of carbonyl (C=O) groups excluding carboxylic acids is 2. The van der Waals surface area contributed by atoms with E-state index < -0.39 is 5.60 Å². The molecule has 1 aromatic carbocycles. The van der Waals surface area contributed by atoms with Crippen LogP contribution in [0.5, 0.6) is 0 Å². The smallest absolute Gasteiger partial charge is 0.410 e. The Morgan fingerprint density at radius 2 is 1.84 bits per heavy atom. The molecule has 5 heteroatoms. The van der Waals surface area contributed by atoms with Crippen molar-refractivity contribution >= 4 is 11.9 Å². The predicted octanol–water partition coefficient (Wildman–Crippen LogP) is 4.12. The van der Waals surface area contributed by atoms with Crippen molar-refractivity contribution in [2.75, 3.05) is 0 Å². The van der Waals surface area contributed by atoms with Crippen molar-refractivity contribution in [2.45, 2.75) is 70.6 Å². The normalized spacial score (nSPS) is 25.8. The van der Waals surface area contributed by atoms with E-state index in [0.29, 0.717) is 18.4 Å². The van der Waals surface area contributed by atoms with Crippen molar-refractivity contribution in [1.82, 2.24) is 4.90 Å². The highest BCUT2D eigenvalue weighted by atomic mass is 19.1. The summed E-state index contributed by atoms with van der Waals surface area (Å²) in [4.78, 5) is 26.9. The van der Waals surface area contributed by atoms with Crippen LogP contribution in [0.4, 0.5) is 9.18 Å². The Hall–Kier alpha value is -1.91. The first-order valence-electron chi connectivity index (χ1n) is 9.01. The standard InChI is InChI=1S/C20H26FNO3/c1-20(2,3)25-19(24)22-16-7-8-17(22)12-14(11-16)18(23)10-13-5-4-6-15(21)9-13/h4-6,9,14,16-17H,7-8,10-12H2,1-3H3. The maximum Gasteiger partial charge on any atom is 0.410 e. The van der Waals surface area contributed by atoms with Crippen LogP contribution in [0.1, 0.15) is 52.0 Å². The van der Waals surface area contributed by atoms with Gasteiger partial charge in [-0.2, -0.15) is 0 Å². The first-order valence-corrected chi connectivity index (χ1v) is 9.01. The summed E-state index contributed by atoms with van der Waals surface area (Å²) < 4.78 is 18.8. The molecule has 2 aliphatic rings. The number of piperidine rings is 1. The number of fused-ring (bicyclic) bond motifs is 2. The van der Waals surface area contributed by atoms with E-state index in [1.807, 2.05) is 25.7 Å². The molecule has 2 unspecified atom stereocenters. The van der Waals surface area contributed by atoms with E-state index in [9.17, 15) is 14.0 Å². The lowest BCUT2D eigenvalue weighted by Gasteiger charge is -2.39. The van der Waals surface area contributed by atoms with E-state index in [1.54, 1.807) is 12.1 Å². The molecule has 1 amide bonds. The van der Waals surface area contributed by atoms with Crippen LogP contribution in [0, 0.1) is 11.7 Å². The van der Waals surface area contributed by atoms with Crippen molar-refractivity contribution < 1.29 is 18.7 Å². The summed E-state index contributed by atoms with van der Waals surface area (Å²) in [5.41, 5.74) is 0.201. The number of hydrogen-bond donors (Lipinski definition) is 0. The zero-order valence-electron chi connectivity index (χ0n) is 15.1. The van der Waals surface area contributed by atoms with Gasteiger partial charge in [0.15, 0.2) is 0 Å². The second kappa shape index (κ2) is 6.77. The van der Waals surface area contributed by atoms with Gasteiger partial charge in [-0.1, -0.05) is 12.1 Å². The summed E-state index contributed by atoms with van der Waals surface area (Å²) in [6.45, 7) is 5.59. The number of ketones is 1. The Balaban J connectivity index is 1.63. The number of Topliss-reactive ketones (excluding diaryl/α,β-unsaturated/α-hetero) is 1. The summed E-state index contributed by atoms with van der Waals surface area (Å²) in [6, 6.07) is 6.37. The molecule has 0 spiro atoms. The number of benzene rings is 1. The minimum Gasteiger partial charge on any atom is -0.444 e. The summed E-state index contributed by atoms with van der Waals surface area (Å²) in [6.07, 6.45) is 3.21. The molecule has 0 saturated carbocycles. The highest BCUT2D eigenvalue weighted by molar-refractivity contribution is 5.84. The van der Waals surface area contributed by atoms with E-state index in [0.717, 1.165) is 12.8 Å². The fraction of sp³-hybridized carbons (Fsp3) is 0.600. The highest BCUT2D eigenvalue weighted by Crippen LogP contribution is 2.40. The molecule has 136 valence electrons. The molecule has 3 rings (SSSR count). The lowest BCUT2D eigenvalue weighted by molar-refractivity contribution is -0.124. The van der Waals surface area contributed by atoms with E-state index in [1.165, 1.54) is 12.1 Å². The van der Waals surface area contributed by atoms with Crippen molar-refractivity contribution in [1.29, 1.82) is 0 Å². The molecule has 4 nitrogen and oxygen atoms in total. The molecule has 2 aliphatic heterocycles. The van der Waals surface area contributed by atoms with Crippen LogP contribution in [0.3, 0.4) is 0 Å². The van der Waals surface area contributed by atoms with E-state index in [4.69, 9.17) is 4.74 Å². The molecular formula is C20H26FNO3. The van der Waals surface area contributed by atoms with Gasteiger partial charge in [-0.15, -0.1) is 0 Å². The fourth-order valence-corrected chi connectivity index (χ4v) is 4.05. The van der Waals surface area contributed by atoms with Crippen molar-refractivity contribution in [3.05, 3.63) is 35.6 Å². The van der Waals surface area contributed by atoms with E-state index in [-0.39, 0.29) is 42.1 Å². The number of amides is 1. The van der Waals surface area contributed by atoms with Crippen LogP contribution in [0.2, 0.25) is 0 Å². The first kappa shape index (κ1) is 17.9. The van der Waals surface area contributed by atoms with E-state index in [2.05, 4.69) is 0 Å². The maximum atomic E-state index is 13.3. The Labute approximate surface area is 148 Å². The minimum atomic E-state index is -0.513. The number of hydrogen-bond acceptors (Lipinski definition) is 3. The quantitative estimate of drug-likeness (QED) is 0.826. The van der Waals surface area contributed by atoms with Gasteiger partial charge in [0.1, 0.15) is 17.2 Å². The largest absolute Gasteiger partial charge is 0.444 e. The maximum absolute atomic E-state index is 13.3. The van der Waals surface area contributed by atoms with Gasteiger partial charge in [0.2, 0.25) is 0 Å². The number of nitrogens with zero attached hydrogens (tertiary/aromatic N) is 1. The zero-order valence-corrected chi connectivity index (χ0v) is 15.1. The van der Waals surface area contributed by atoms with E-state index >= 15 is 0 Å². The first-order chi connectivity index (χ1) is 11.7. The summed E-state index contributed by atoms with van der Waals surface area (Å²) in [7, 11) is 0. The average molecular weight is 347 g/mol. The average Bonchev–Trinajstić information content (AvgIpc) is 2.76. The van der Waals surface area contributed by atoms with Crippen molar-refractivity contribution in [3.8, 4) is 0 Å². The lowest BCUT2D eigenvalue weighted by Crippen LogP contribution is -2.49. The molecule has 0 aliphatic carbocycles. The van der Waals surface area contributed by atoms with Gasteiger partial charge in [-0.05, 0) is 64.2 Å². The third-order valence-electron chi connectivity index (χ3n) is 5.06. The summed E-state index contributed by atoms with van der Waals surface area (Å²) in [5, 5.41) is 0. The third kappa shape index (κ3) is 4.20. The van der Waals surface area contributed by atoms with Gasteiger partial charge < -0.3 is 9.64 Å². The fourth-order valence-electron chi connectivity index (χ4n) is 4.05. The Morgan fingerprint density at radius 3 is 2.40 bits per heavy atom.